The molecule has 0 aromatic carbocycles. The molecule has 8 heteroatoms. The molecular formula is C12H25N3O4S. The summed E-state index contributed by atoms with van der Waals surface area (Å²) in [4.78, 5) is 0. The van der Waals surface area contributed by atoms with Gasteiger partial charge in [-0.25, -0.2) is 0 Å². The van der Waals surface area contributed by atoms with Crippen LogP contribution in [-0.2, 0) is 19.7 Å². The van der Waals surface area contributed by atoms with Gasteiger partial charge in [0.05, 0.1) is 19.8 Å². The highest BCUT2D eigenvalue weighted by molar-refractivity contribution is 7.86. The van der Waals surface area contributed by atoms with Crippen molar-refractivity contribution < 1.29 is 17.9 Å². The molecule has 0 radical (unpaired) electrons. The van der Waals surface area contributed by atoms with Crippen molar-refractivity contribution in [1.82, 2.24) is 13.9 Å². The second-order valence-electron chi connectivity index (χ2n) is 5.16. The lowest BCUT2D eigenvalue weighted by Gasteiger charge is -2.33. The quantitative estimate of drug-likeness (QED) is 0.671. The topological polar surface area (TPSA) is 71.1 Å². The number of hydrogen-bond acceptors (Lipinski definition) is 5. The zero-order valence-electron chi connectivity index (χ0n) is 12.1. The summed E-state index contributed by atoms with van der Waals surface area (Å²) in [5.41, 5.74) is 0. The van der Waals surface area contributed by atoms with Crippen molar-refractivity contribution in [3.05, 3.63) is 0 Å². The Morgan fingerprint density at radius 2 is 2.15 bits per heavy atom. The van der Waals surface area contributed by atoms with Gasteiger partial charge in [0.2, 0.25) is 0 Å². The minimum absolute atomic E-state index is 0.252. The van der Waals surface area contributed by atoms with Crippen LogP contribution in [0.3, 0.4) is 0 Å². The standard InChI is InChI=1S/C12H25N3O4S/c1-18-8-5-15(11-12-3-2-4-13-12)20(16,17)14-6-9-19-10-7-14/h12-13H,2-11H2,1H3. The molecule has 2 rings (SSSR count). The largest absolute Gasteiger partial charge is 0.383 e. The highest BCUT2D eigenvalue weighted by atomic mass is 32.2. The Morgan fingerprint density at radius 1 is 1.40 bits per heavy atom. The molecule has 0 saturated carbocycles. The van der Waals surface area contributed by atoms with Crippen LogP contribution in [0.4, 0.5) is 0 Å². The third-order valence-electron chi connectivity index (χ3n) is 3.75. The number of hydrogen-bond donors (Lipinski definition) is 1. The van der Waals surface area contributed by atoms with Gasteiger partial charge in [0.15, 0.2) is 0 Å². The van der Waals surface area contributed by atoms with Gasteiger partial charge in [-0.3, -0.25) is 0 Å². The van der Waals surface area contributed by atoms with Crippen LogP contribution in [0, 0.1) is 0 Å². The Morgan fingerprint density at radius 3 is 2.75 bits per heavy atom. The molecule has 2 fully saturated rings. The Balaban J connectivity index is 2.02. The smallest absolute Gasteiger partial charge is 0.282 e. The lowest BCUT2D eigenvalue weighted by Crippen LogP contribution is -2.52. The van der Waals surface area contributed by atoms with Crippen LogP contribution in [0.15, 0.2) is 0 Å². The van der Waals surface area contributed by atoms with Crippen LogP contribution in [0.25, 0.3) is 0 Å². The molecule has 0 aromatic heterocycles. The molecule has 0 aromatic rings. The number of ether oxygens (including phenoxy) is 2. The molecule has 0 spiro atoms. The van der Waals surface area contributed by atoms with Crippen molar-refractivity contribution in [1.29, 1.82) is 0 Å². The van der Waals surface area contributed by atoms with E-state index in [-0.39, 0.29) is 6.04 Å². The van der Waals surface area contributed by atoms with Crippen LogP contribution in [0.2, 0.25) is 0 Å². The van der Waals surface area contributed by atoms with E-state index in [4.69, 9.17) is 9.47 Å². The minimum atomic E-state index is -3.42. The van der Waals surface area contributed by atoms with E-state index in [0.717, 1.165) is 19.4 Å². The number of morpholine rings is 1. The first-order valence-electron chi connectivity index (χ1n) is 7.20. The molecule has 7 nitrogen and oxygen atoms in total. The van der Waals surface area contributed by atoms with Crippen LogP contribution < -0.4 is 5.32 Å². The maximum Gasteiger partial charge on any atom is 0.282 e. The average Bonchev–Trinajstić information content (AvgIpc) is 2.97. The maximum absolute atomic E-state index is 12.7. The Hall–Kier alpha value is -0.250. The van der Waals surface area contributed by atoms with Gasteiger partial charge < -0.3 is 14.8 Å². The lowest BCUT2D eigenvalue weighted by molar-refractivity contribution is 0.0692. The van der Waals surface area contributed by atoms with Gasteiger partial charge >= 0.3 is 0 Å². The molecule has 1 atom stereocenters. The Bertz CT molecular complexity index is 378. The van der Waals surface area contributed by atoms with Gasteiger partial charge in [-0.1, -0.05) is 0 Å². The normalized spacial score (nSPS) is 25.4. The monoisotopic (exact) mass is 307 g/mol. The fraction of sp³-hybridized carbons (Fsp3) is 1.00. The number of nitrogens with one attached hydrogen (secondary N) is 1. The number of rotatable bonds is 7. The predicted octanol–water partition coefficient (Wildman–Crippen LogP) is -0.736. The van der Waals surface area contributed by atoms with Gasteiger partial charge in [-0.2, -0.15) is 17.0 Å². The van der Waals surface area contributed by atoms with Gasteiger partial charge in [0, 0.05) is 39.3 Å². The molecule has 0 bridgehead atoms. The Kier molecular flexibility index (Phi) is 6.19. The third-order valence-corrected chi connectivity index (χ3v) is 5.76. The fourth-order valence-electron chi connectivity index (χ4n) is 2.59. The highest BCUT2D eigenvalue weighted by Crippen LogP contribution is 2.14. The van der Waals surface area contributed by atoms with Crippen molar-refractivity contribution in [3.63, 3.8) is 0 Å². The summed E-state index contributed by atoms with van der Waals surface area (Å²) in [5, 5.41) is 3.35. The molecule has 2 saturated heterocycles. The number of methoxy groups -OCH3 is 1. The zero-order valence-corrected chi connectivity index (χ0v) is 12.9. The van der Waals surface area contributed by atoms with E-state index in [1.807, 2.05) is 0 Å². The van der Waals surface area contributed by atoms with E-state index >= 15 is 0 Å². The van der Waals surface area contributed by atoms with Crippen LogP contribution in [-0.4, -0.2) is 82.7 Å². The van der Waals surface area contributed by atoms with Crippen molar-refractivity contribution in [2.45, 2.75) is 18.9 Å². The molecule has 2 aliphatic rings. The van der Waals surface area contributed by atoms with Gasteiger partial charge in [0.1, 0.15) is 0 Å². The van der Waals surface area contributed by atoms with Crippen molar-refractivity contribution in [2.24, 2.45) is 0 Å². The predicted molar refractivity (Wildman–Crippen MR) is 75.8 cm³/mol. The maximum atomic E-state index is 12.7. The molecular weight excluding hydrogens is 282 g/mol. The second-order valence-corrected chi connectivity index (χ2v) is 7.09. The summed E-state index contributed by atoms with van der Waals surface area (Å²) in [6.07, 6.45) is 2.14. The first-order valence-corrected chi connectivity index (χ1v) is 8.59. The van der Waals surface area contributed by atoms with E-state index in [1.165, 1.54) is 4.31 Å². The van der Waals surface area contributed by atoms with Crippen LogP contribution >= 0.6 is 0 Å². The number of nitrogens with zero attached hydrogens (tertiary/aromatic N) is 2. The van der Waals surface area contributed by atoms with E-state index in [0.29, 0.717) is 46.0 Å². The van der Waals surface area contributed by atoms with Crippen molar-refractivity contribution in [3.8, 4) is 0 Å². The fourth-order valence-corrected chi connectivity index (χ4v) is 4.20. The lowest BCUT2D eigenvalue weighted by atomic mass is 10.2. The van der Waals surface area contributed by atoms with Crippen LogP contribution in [0.5, 0.6) is 0 Å². The summed E-state index contributed by atoms with van der Waals surface area (Å²) >= 11 is 0. The van der Waals surface area contributed by atoms with E-state index < -0.39 is 10.2 Å². The van der Waals surface area contributed by atoms with Crippen molar-refractivity contribution >= 4 is 10.2 Å². The average molecular weight is 307 g/mol. The molecule has 0 aliphatic carbocycles. The molecule has 118 valence electrons. The first kappa shape index (κ1) is 16.1. The Labute approximate surface area is 121 Å². The summed E-state index contributed by atoms with van der Waals surface area (Å²) in [6, 6.07) is 0.252. The molecule has 1 unspecified atom stereocenters. The van der Waals surface area contributed by atoms with Crippen molar-refractivity contribution in [2.75, 3.05) is 59.7 Å². The van der Waals surface area contributed by atoms with E-state index in [9.17, 15) is 8.42 Å². The first-order chi connectivity index (χ1) is 9.64. The summed E-state index contributed by atoms with van der Waals surface area (Å²) in [6.45, 7) is 4.11. The van der Waals surface area contributed by atoms with E-state index in [1.54, 1.807) is 11.4 Å². The van der Waals surface area contributed by atoms with E-state index in [2.05, 4.69) is 5.32 Å². The molecule has 0 amide bonds. The summed E-state index contributed by atoms with van der Waals surface area (Å²) in [7, 11) is -1.83. The van der Waals surface area contributed by atoms with Crippen LogP contribution in [0.1, 0.15) is 12.8 Å². The van der Waals surface area contributed by atoms with Gasteiger partial charge in [0.25, 0.3) is 10.2 Å². The SMILES string of the molecule is COCCN(CC1CCCN1)S(=O)(=O)N1CCOCC1. The van der Waals surface area contributed by atoms with Gasteiger partial charge in [-0.15, -0.1) is 0 Å². The molecule has 1 N–H and O–H groups in total. The van der Waals surface area contributed by atoms with Gasteiger partial charge in [-0.05, 0) is 19.4 Å². The summed E-state index contributed by atoms with van der Waals surface area (Å²) < 4.78 is 38.7. The molecule has 20 heavy (non-hydrogen) atoms. The highest BCUT2D eigenvalue weighted by Gasteiger charge is 2.32. The second kappa shape index (κ2) is 7.67. The minimum Gasteiger partial charge on any atom is -0.383 e. The summed E-state index contributed by atoms with van der Waals surface area (Å²) in [5.74, 6) is 0. The third kappa shape index (κ3) is 4.12. The molecule has 2 heterocycles. The zero-order chi connectivity index (χ0) is 14.4. The molecule has 2 aliphatic heterocycles.